The Labute approximate surface area is 857 Å². The molecule has 0 spiro atoms. The maximum Gasteiger partial charge on any atom is 0.408 e. The number of fused-ring (bicyclic) bond motifs is 10. The highest BCUT2D eigenvalue weighted by Gasteiger charge is 2.81. The second-order valence-corrected chi connectivity index (χ2v) is 42.0. The van der Waals surface area contributed by atoms with Crippen molar-refractivity contribution in [1.29, 1.82) is 0 Å². The molecule has 6 aliphatic carbocycles. The molecule has 3 amide bonds. The number of ether oxygens (including phenoxy) is 17. The number of nitrogens with one attached hydrogen (secondary N) is 3. The van der Waals surface area contributed by atoms with E-state index >= 15 is 19.2 Å². The number of methoxy groups -OCH3 is 2. The van der Waals surface area contributed by atoms with Crippen molar-refractivity contribution in [3.63, 3.8) is 0 Å². The molecule has 802 valence electrons. The fraction of sp³-hybridized carbons (Fsp3) is 0.550. The molecule has 5 aromatic carbocycles. The summed E-state index contributed by atoms with van der Waals surface area (Å²) in [7, 11) is 2.78. The molecular weight excluding hydrogens is 1930 g/mol. The van der Waals surface area contributed by atoms with E-state index in [1.165, 1.54) is 64.5 Å². The zero-order valence-corrected chi connectivity index (χ0v) is 86.6. The van der Waals surface area contributed by atoms with E-state index in [0.717, 1.165) is 5.56 Å². The first-order valence-corrected chi connectivity index (χ1v) is 49.2. The van der Waals surface area contributed by atoms with E-state index in [9.17, 15) is 73.2 Å². The first-order valence-electron chi connectivity index (χ1n) is 49.2. The van der Waals surface area contributed by atoms with Crippen molar-refractivity contribution in [2.45, 2.75) is 276 Å². The Morgan fingerprint density at radius 1 is 0.466 bits per heavy atom. The Morgan fingerprint density at radius 2 is 0.818 bits per heavy atom. The predicted octanol–water partition coefficient (Wildman–Crippen LogP) is 10.6. The number of amides is 3. The monoisotopic (exact) mass is 2060 g/mol. The quantitative estimate of drug-likeness (QED) is 0.0117. The minimum atomic E-state index is -2.40. The highest BCUT2D eigenvalue weighted by molar-refractivity contribution is 5.95. The summed E-state index contributed by atoms with van der Waals surface area (Å²) in [5.41, 5.74) is -14.9. The summed E-state index contributed by atoms with van der Waals surface area (Å²) in [6.07, 6.45) is -18.5. The number of Topliss-reactive ketones (excluding diaryl/α,β-unsaturated/α-hetero) is 2. The van der Waals surface area contributed by atoms with Gasteiger partial charge in [0.2, 0.25) is 12.2 Å². The summed E-state index contributed by atoms with van der Waals surface area (Å²) >= 11 is 0. The van der Waals surface area contributed by atoms with Crippen LogP contribution in [-0.2, 0) is 135 Å². The van der Waals surface area contributed by atoms with Crippen molar-refractivity contribution in [3.8, 4) is 0 Å². The van der Waals surface area contributed by atoms with Crippen LogP contribution in [0.15, 0.2) is 174 Å². The molecule has 13 rings (SSSR count). The zero-order chi connectivity index (χ0) is 109. The summed E-state index contributed by atoms with van der Waals surface area (Å²) < 4.78 is 100. The Hall–Kier alpha value is -12.9. The van der Waals surface area contributed by atoms with Gasteiger partial charge in [0, 0.05) is 77.5 Å². The average molecular weight is 2060 g/mol. The molecule has 22 atom stereocenters. The maximum atomic E-state index is 15.8. The van der Waals surface area contributed by atoms with Crippen LogP contribution in [0.25, 0.3) is 0 Å². The molecule has 5 aromatic rings. The Balaban J connectivity index is 0.000000265. The van der Waals surface area contributed by atoms with Crippen LogP contribution in [0.1, 0.15) is 212 Å². The van der Waals surface area contributed by atoms with Gasteiger partial charge in [-0.25, -0.2) is 43.2 Å². The first kappa shape index (κ1) is 114. The lowest BCUT2D eigenvalue weighted by atomic mass is 9.43. The van der Waals surface area contributed by atoms with Gasteiger partial charge in [0.25, 0.3) is 0 Å². The zero-order valence-electron chi connectivity index (χ0n) is 86.6. The molecule has 0 radical (unpaired) electrons. The van der Waals surface area contributed by atoms with Gasteiger partial charge in [0.1, 0.15) is 77.7 Å². The molecule has 2 heterocycles. The fourth-order valence-corrected chi connectivity index (χ4v) is 22.8. The molecule has 148 heavy (non-hydrogen) atoms. The number of ketones is 2. The van der Waals surface area contributed by atoms with Gasteiger partial charge in [-0.1, -0.05) is 162 Å². The van der Waals surface area contributed by atoms with Gasteiger partial charge in [0.05, 0.1) is 90.7 Å². The van der Waals surface area contributed by atoms with Gasteiger partial charge in [-0.15, -0.1) is 0 Å². The van der Waals surface area contributed by atoms with Crippen LogP contribution in [0, 0.1) is 45.3 Å². The number of rotatable bonds is 33. The van der Waals surface area contributed by atoms with E-state index in [-0.39, 0.29) is 90.2 Å². The van der Waals surface area contributed by atoms with Crippen LogP contribution >= 0.6 is 0 Å². The fourth-order valence-electron chi connectivity index (χ4n) is 22.8. The van der Waals surface area contributed by atoms with E-state index < -0.39 is 287 Å². The molecule has 8 aliphatic rings. The third-order valence-electron chi connectivity index (χ3n) is 29.7. The van der Waals surface area contributed by atoms with Crippen LogP contribution in [0.3, 0.4) is 0 Å². The van der Waals surface area contributed by atoms with Gasteiger partial charge in [0.15, 0.2) is 36.0 Å². The lowest BCUT2D eigenvalue weighted by Gasteiger charge is -2.68. The van der Waals surface area contributed by atoms with Crippen molar-refractivity contribution in [1.82, 2.24) is 16.0 Å². The summed E-state index contributed by atoms with van der Waals surface area (Å²) in [6, 6.07) is 37.6. The van der Waals surface area contributed by atoms with Crippen LogP contribution in [0.4, 0.5) is 14.4 Å². The number of alkyl carbamates (subject to hydrolysis) is 3. The van der Waals surface area contributed by atoms with Crippen LogP contribution < -0.4 is 16.0 Å². The number of aliphatic hydroxyl groups excluding tert-OH is 2. The minimum Gasteiger partial charge on any atom is -0.455 e. The lowest BCUT2D eigenvalue weighted by molar-refractivity contribution is -0.347. The van der Waals surface area contributed by atoms with Crippen LogP contribution in [0.5, 0.6) is 0 Å². The van der Waals surface area contributed by atoms with Crippen LogP contribution in [-0.4, -0.2) is 265 Å². The van der Waals surface area contributed by atoms with E-state index in [1.54, 1.807) is 213 Å². The summed E-state index contributed by atoms with van der Waals surface area (Å²) in [6.45, 7) is 22.2. The number of aliphatic hydroxyl groups is 4. The maximum absolute atomic E-state index is 15.8. The normalized spacial score (nSPS) is 28.7. The molecule has 0 unspecified atom stereocenters. The molecule has 39 heteroatoms. The average Bonchev–Trinajstić information content (AvgIpc) is 0.669. The minimum absolute atomic E-state index is 0.00126. The Morgan fingerprint density at radius 3 is 1.14 bits per heavy atom. The number of hydrogen-bond acceptors (Lipinski definition) is 36. The SMILES string of the molecule is CCCC(=O)OCC(=O)O[C@@H](C(=O)O[C@H]1C[C@@]2(O)[C@@H](OC(=O)c3ccccc3)[C@@H]3[C@]4(OC(C)=O)CO[C@@H]4C[C@H](OC)[C@@]3(C)C(=O)[C@H](CO)C(=C1C)C2(C)C)[C@@H](NC(=O)OC(C)(C)C)c1ccccc1.CO[C@H]1C[C@H]2OC[C@@]2(OC(C)=O)[C@H]2[C@H](OC(=O)c3ccccc3)[C@]3(O)C[C@H](OC(=O)[C@H](OC(=O)COC(=O)CCNC(=O)OCc4ccccc4)[C@@H](NC(=O)OC(C)(C)C)c4ccccc4)C(C)=C([C@@H](CO)C(=O)[C@]12C)C3(C)C. The van der Waals surface area contributed by atoms with Gasteiger partial charge in [-0.05, 0) is 139 Å². The van der Waals surface area contributed by atoms with Gasteiger partial charge >= 0.3 is 78.0 Å². The molecule has 4 saturated carbocycles. The Kier molecular flexibility index (Phi) is 35.4. The van der Waals surface area contributed by atoms with Crippen molar-refractivity contribution in [2.75, 3.05) is 60.4 Å². The number of carbonyl (C=O) groups excluding carboxylic acids is 15. The third-order valence-corrected chi connectivity index (χ3v) is 29.7. The van der Waals surface area contributed by atoms with Crippen molar-refractivity contribution in [2.24, 2.45) is 45.3 Å². The standard InChI is InChI=1S/C58H70N2O19.C51H65NO17/c1-33-39(75-51(67)46(45(36-21-15-11-16-22-36)60-53(69)79-54(3,4)5)76-43(64)31-72-42(63)25-26-59-52(68)73-30-35-19-13-10-14-20-35)28-58(70)49(77-50(66)37-23-17-12-18-24-37)47-56(8,48(65)38(29-61)44(33)55(58,6)7)40(71-9)27-41-57(47,32-74-41)78-34(2)62;1-11-18-36(55)63-26-37(56)66-40(39(30-19-14-12-15-20-30)52-46(60)69-47(4,5)6)45(59)65-33-24-51(61)43(67-44(58)31-21-16-13-17-22-31)41-49(9,42(57)32(25-53)38(28(33)2)48(51,7)8)34(62-10)23-35-50(41,27-64-35)68-29(3)54/h10-24,38-41,45-47,49,61,70H,25-32H2,1-9H3,(H,59,68)(H,60,69);12-17,19-22,32-35,39-41,43,53,61H,11,18,23-27H2,1-10H3,(H,52,60)/t38-,39+,40+,41-,45+,46-,47+,49+,56-,57+,58-;32-,33+,34+,35-,39+,40-,41+,43+,49-,50+,51-/m11/s1. The lowest BCUT2D eigenvalue weighted by Crippen LogP contribution is -2.81. The number of benzene rings is 5. The second kappa shape index (κ2) is 46.1. The molecule has 2 saturated heterocycles. The molecule has 0 aromatic heterocycles. The highest BCUT2D eigenvalue weighted by Crippen LogP contribution is 2.68. The van der Waals surface area contributed by atoms with Gasteiger partial charge in [-0.2, -0.15) is 0 Å². The Bertz CT molecular complexity index is 5780. The van der Waals surface area contributed by atoms with Gasteiger partial charge in [-0.3, -0.25) is 28.8 Å². The number of esters is 10. The van der Waals surface area contributed by atoms with Crippen molar-refractivity contribution < 1.29 is 173 Å². The smallest absolute Gasteiger partial charge is 0.408 e. The van der Waals surface area contributed by atoms with E-state index in [4.69, 9.17) is 80.5 Å². The summed E-state index contributed by atoms with van der Waals surface area (Å²) in [4.78, 5) is 209. The molecule has 4 bridgehead atoms. The van der Waals surface area contributed by atoms with Gasteiger partial charge < -0.3 is 117 Å². The highest BCUT2D eigenvalue weighted by atomic mass is 16.7. The summed E-state index contributed by atoms with van der Waals surface area (Å²) in [5.74, 6) is -16.9. The van der Waals surface area contributed by atoms with Crippen molar-refractivity contribution in [3.05, 3.63) is 202 Å². The predicted molar refractivity (Wildman–Crippen MR) is 520 cm³/mol. The van der Waals surface area contributed by atoms with E-state index in [0.29, 0.717) is 6.42 Å². The largest absolute Gasteiger partial charge is 0.455 e. The van der Waals surface area contributed by atoms with E-state index in [1.807, 2.05) is 6.07 Å². The van der Waals surface area contributed by atoms with Crippen LogP contribution in [0.2, 0.25) is 0 Å². The molecule has 39 nitrogen and oxygen atoms in total. The topological polar surface area (TPSA) is 530 Å². The molecule has 2 aliphatic heterocycles. The van der Waals surface area contributed by atoms with Crippen molar-refractivity contribution >= 4 is 89.5 Å². The summed E-state index contributed by atoms with van der Waals surface area (Å²) in [5, 5.41) is 58.5. The number of hydrogen-bond donors (Lipinski definition) is 7. The van der Waals surface area contributed by atoms with E-state index in [2.05, 4.69) is 16.0 Å². The molecule has 7 N–H and O–H groups in total. The molecule has 6 fully saturated rings. The second-order valence-electron chi connectivity index (χ2n) is 42.0. The molecular formula is C109H135N3O36. The third kappa shape index (κ3) is 23.4. The first-order chi connectivity index (χ1) is 69.7. The number of carbonyl (C=O) groups is 15.